The van der Waals surface area contributed by atoms with Gasteiger partial charge in [0, 0.05) is 51.0 Å². The molecule has 1 atom stereocenters. The lowest BCUT2D eigenvalue weighted by molar-refractivity contribution is 0.576. The molecule has 2 aromatic rings. The zero-order valence-corrected chi connectivity index (χ0v) is 18.9. The number of guanidine groups is 1. The van der Waals surface area contributed by atoms with Crippen molar-refractivity contribution in [2.24, 2.45) is 12.0 Å². The van der Waals surface area contributed by atoms with Gasteiger partial charge in [0.25, 0.3) is 0 Å². The minimum atomic E-state index is -0.527. The molecular formula is C19H27F2IN6. The summed E-state index contributed by atoms with van der Waals surface area (Å²) in [7, 11) is 3.63. The monoisotopic (exact) mass is 504 g/mol. The molecule has 1 aromatic carbocycles. The van der Waals surface area contributed by atoms with Crippen LogP contribution in [0.15, 0.2) is 23.2 Å². The summed E-state index contributed by atoms with van der Waals surface area (Å²) >= 11 is 0. The Kier molecular flexibility index (Phi) is 7.62. The fraction of sp³-hybridized carbons (Fsp3) is 0.474. The molecule has 0 radical (unpaired) electrons. The molecule has 2 heterocycles. The molecule has 1 aliphatic rings. The molecule has 0 bridgehead atoms. The summed E-state index contributed by atoms with van der Waals surface area (Å²) in [5.41, 5.74) is 3.28. The number of hydrogen-bond donors (Lipinski definition) is 2. The van der Waals surface area contributed by atoms with Gasteiger partial charge in [-0.05, 0) is 32.4 Å². The van der Waals surface area contributed by atoms with Crippen LogP contribution < -0.4 is 15.5 Å². The number of rotatable bonds is 4. The van der Waals surface area contributed by atoms with Crippen molar-refractivity contribution in [3.63, 3.8) is 0 Å². The Morgan fingerprint density at radius 3 is 2.54 bits per heavy atom. The van der Waals surface area contributed by atoms with Crippen LogP contribution in [-0.2, 0) is 13.6 Å². The predicted molar refractivity (Wildman–Crippen MR) is 118 cm³/mol. The molecule has 0 amide bonds. The SMILES string of the molecule is CN=C(NCc1c(C)nn(C)c1C)NC1CCN(c2c(F)cccc2F)C1.I. The molecule has 1 saturated heterocycles. The summed E-state index contributed by atoms with van der Waals surface area (Å²) in [5.74, 6) is -0.389. The minimum absolute atomic E-state index is 0. The molecule has 1 aliphatic heterocycles. The van der Waals surface area contributed by atoms with Gasteiger partial charge < -0.3 is 15.5 Å². The van der Waals surface area contributed by atoms with Gasteiger partial charge in [-0.25, -0.2) is 8.78 Å². The number of aromatic nitrogens is 2. The van der Waals surface area contributed by atoms with Crippen LogP contribution in [0.2, 0.25) is 0 Å². The van der Waals surface area contributed by atoms with E-state index in [0.29, 0.717) is 25.6 Å². The molecule has 1 unspecified atom stereocenters. The van der Waals surface area contributed by atoms with E-state index in [0.717, 1.165) is 23.4 Å². The van der Waals surface area contributed by atoms with Crippen molar-refractivity contribution in [2.75, 3.05) is 25.0 Å². The number of benzene rings is 1. The van der Waals surface area contributed by atoms with Gasteiger partial charge in [-0.1, -0.05) is 6.07 Å². The van der Waals surface area contributed by atoms with Crippen molar-refractivity contribution in [1.82, 2.24) is 20.4 Å². The van der Waals surface area contributed by atoms with Crippen molar-refractivity contribution in [3.8, 4) is 0 Å². The smallest absolute Gasteiger partial charge is 0.191 e. The Labute approximate surface area is 181 Å². The molecular weight excluding hydrogens is 477 g/mol. The number of anilines is 1. The molecule has 1 fully saturated rings. The second-order valence-corrected chi connectivity index (χ2v) is 6.84. The van der Waals surface area contributed by atoms with Crippen LogP contribution in [0.4, 0.5) is 14.5 Å². The summed E-state index contributed by atoms with van der Waals surface area (Å²) in [6.45, 7) is 5.74. The third-order valence-electron chi connectivity index (χ3n) is 5.10. The van der Waals surface area contributed by atoms with Gasteiger partial charge in [0.15, 0.2) is 5.96 Å². The quantitative estimate of drug-likeness (QED) is 0.382. The number of halogens is 3. The van der Waals surface area contributed by atoms with Gasteiger partial charge in [0.05, 0.1) is 5.69 Å². The number of nitrogens with one attached hydrogen (secondary N) is 2. The Morgan fingerprint density at radius 2 is 1.96 bits per heavy atom. The van der Waals surface area contributed by atoms with Gasteiger partial charge in [0.2, 0.25) is 0 Å². The first kappa shape index (κ1) is 22.4. The first-order chi connectivity index (χ1) is 12.9. The average molecular weight is 504 g/mol. The molecule has 0 saturated carbocycles. The Morgan fingerprint density at radius 1 is 1.29 bits per heavy atom. The topological polar surface area (TPSA) is 57.5 Å². The molecule has 28 heavy (non-hydrogen) atoms. The van der Waals surface area contributed by atoms with E-state index in [1.54, 1.807) is 11.9 Å². The van der Waals surface area contributed by atoms with Crippen LogP contribution in [0.3, 0.4) is 0 Å². The molecule has 6 nitrogen and oxygen atoms in total. The van der Waals surface area contributed by atoms with E-state index < -0.39 is 11.6 Å². The lowest BCUT2D eigenvalue weighted by Gasteiger charge is -2.21. The Balaban J connectivity index is 0.00000280. The molecule has 154 valence electrons. The van der Waals surface area contributed by atoms with Crippen molar-refractivity contribution >= 4 is 35.6 Å². The summed E-state index contributed by atoms with van der Waals surface area (Å²) < 4.78 is 29.9. The van der Waals surface area contributed by atoms with E-state index >= 15 is 0 Å². The third-order valence-corrected chi connectivity index (χ3v) is 5.10. The molecule has 0 spiro atoms. The van der Waals surface area contributed by atoms with E-state index in [1.807, 2.05) is 25.6 Å². The third kappa shape index (κ3) is 4.73. The molecule has 9 heteroatoms. The first-order valence-electron chi connectivity index (χ1n) is 9.06. The second-order valence-electron chi connectivity index (χ2n) is 6.84. The minimum Gasteiger partial charge on any atom is -0.365 e. The van der Waals surface area contributed by atoms with Gasteiger partial charge >= 0.3 is 0 Å². The Bertz CT molecular complexity index is 831. The van der Waals surface area contributed by atoms with Crippen LogP contribution in [0.1, 0.15) is 23.4 Å². The van der Waals surface area contributed by atoms with E-state index in [1.165, 1.54) is 18.2 Å². The summed E-state index contributed by atoms with van der Waals surface area (Å²) in [6.07, 6.45) is 0.777. The zero-order valence-electron chi connectivity index (χ0n) is 16.6. The van der Waals surface area contributed by atoms with Crippen molar-refractivity contribution in [3.05, 3.63) is 46.8 Å². The highest BCUT2D eigenvalue weighted by Crippen LogP contribution is 2.26. The number of aliphatic imine (C=N–C) groups is 1. The summed E-state index contributed by atoms with van der Waals surface area (Å²) in [4.78, 5) is 6.01. The largest absolute Gasteiger partial charge is 0.365 e. The Hall–Kier alpha value is -1.91. The average Bonchev–Trinajstić information content (AvgIpc) is 3.17. The van der Waals surface area contributed by atoms with Gasteiger partial charge in [-0.3, -0.25) is 9.67 Å². The highest BCUT2D eigenvalue weighted by Gasteiger charge is 2.27. The highest BCUT2D eigenvalue weighted by atomic mass is 127. The normalized spacial score (nSPS) is 16.9. The first-order valence-corrected chi connectivity index (χ1v) is 9.06. The van der Waals surface area contributed by atoms with E-state index in [2.05, 4.69) is 20.7 Å². The van der Waals surface area contributed by atoms with E-state index in [9.17, 15) is 8.78 Å². The summed E-state index contributed by atoms with van der Waals surface area (Å²) in [6, 6.07) is 4.02. The van der Waals surface area contributed by atoms with Crippen LogP contribution in [0.25, 0.3) is 0 Å². The number of aryl methyl sites for hydroxylation is 2. The molecule has 3 rings (SSSR count). The molecule has 0 aliphatic carbocycles. The number of para-hydroxylation sites is 1. The van der Waals surface area contributed by atoms with Crippen molar-refractivity contribution < 1.29 is 8.78 Å². The fourth-order valence-electron chi connectivity index (χ4n) is 3.51. The molecule has 1 aromatic heterocycles. The van der Waals surface area contributed by atoms with Crippen LogP contribution in [0.5, 0.6) is 0 Å². The lowest BCUT2D eigenvalue weighted by Crippen LogP contribution is -2.44. The maximum absolute atomic E-state index is 14.0. The second kappa shape index (κ2) is 9.53. The number of hydrogen-bond acceptors (Lipinski definition) is 3. The standard InChI is InChI=1S/C19H26F2N6.HI/c1-12-15(13(2)26(4)25-12)10-23-19(22-3)24-14-8-9-27(11-14)18-16(20)6-5-7-17(18)21;/h5-7,14H,8-11H2,1-4H3,(H2,22,23,24);1H. The van der Waals surface area contributed by atoms with Gasteiger partial charge in [-0.15, -0.1) is 24.0 Å². The van der Waals surface area contributed by atoms with Crippen LogP contribution in [0, 0.1) is 25.5 Å². The van der Waals surface area contributed by atoms with Gasteiger partial charge in [0.1, 0.15) is 17.3 Å². The number of nitrogens with zero attached hydrogens (tertiary/aromatic N) is 4. The van der Waals surface area contributed by atoms with E-state index in [4.69, 9.17) is 0 Å². The zero-order chi connectivity index (χ0) is 19.6. The van der Waals surface area contributed by atoms with Crippen LogP contribution >= 0.6 is 24.0 Å². The van der Waals surface area contributed by atoms with Crippen molar-refractivity contribution in [2.45, 2.75) is 32.9 Å². The fourth-order valence-corrected chi connectivity index (χ4v) is 3.51. The highest BCUT2D eigenvalue weighted by molar-refractivity contribution is 14.0. The lowest BCUT2D eigenvalue weighted by atomic mass is 10.2. The summed E-state index contributed by atoms with van der Waals surface area (Å²) in [5, 5.41) is 11.1. The molecule has 2 N–H and O–H groups in total. The van der Waals surface area contributed by atoms with Crippen LogP contribution in [-0.4, -0.2) is 41.9 Å². The van der Waals surface area contributed by atoms with E-state index in [-0.39, 0.29) is 35.7 Å². The predicted octanol–water partition coefficient (Wildman–Crippen LogP) is 2.88. The maximum Gasteiger partial charge on any atom is 0.191 e. The maximum atomic E-state index is 14.0. The van der Waals surface area contributed by atoms with Crippen molar-refractivity contribution in [1.29, 1.82) is 0 Å². The van der Waals surface area contributed by atoms with Gasteiger partial charge in [-0.2, -0.15) is 5.10 Å².